The number of hydrogen-bond donors (Lipinski definition) is 1. The molecule has 0 saturated carbocycles. The van der Waals surface area contributed by atoms with E-state index >= 15 is 0 Å². The van der Waals surface area contributed by atoms with E-state index in [1.165, 1.54) is 0 Å². The molecule has 11 nitrogen and oxygen atoms in total. The number of oxazole rings is 1. The minimum atomic E-state index is 0. The Morgan fingerprint density at radius 2 is 0.873 bits per heavy atom. The van der Waals surface area contributed by atoms with Crippen molar-refractivity contribution < 1.29 is 39.1 Å². The van der Waals surface area contributed by atoms with Crippen molar-refractivity contribution in [1.29, 1.82) is 0 Å². The van der Waals surface area contributed by atoms with Crippen LogP contribution in [-0.4, -0.2) is 52.3 Å². The third-order valence-corrected chi connectivity index (χ3v) is 9.70. The normalized spacial score (nSPS) is 11.1. The van der Waals surface area contributed by atoms with E-state index < -0.39 is 0 Å². The Morgan fingerprint density at radius 1 is 0.492 bits per heavy atom. The van der Waals surface area contributed by atoms with Crippen LogP contribution in [0.2, 0.25) is 0 Å². The molecule has 0 amide bonds. The molecule has 0 saturated heterocycles. The van der Waals surface area contributed by atoms with Gasteiger partial charge in [0.25, 0.3) is 0 Å². The summed E-state index contributed by atoms with van der Waals surface area (Å²) in [5, 5.41) is 32.0. The average molecular weight is 1010 g/mol. The van der Waals surface area contributed by atoms with Gasteiger partial charge in [-0.15, -0.1) is 24.3 Å². The molecule has 63 heavy (non-hydrogen) atoms. The van der Waals surface area contributed by atoms with Gasteiger partial charge in [-0.3, -0.25) is 0 Å². The molecular formula is C51H41IrN7O4-2. The summed E-state index contributed by atoms with van der Waals surface area (Å²) < 4.78 is 17.4. The molecule has 1 radical (unpaired) electrons. The number of fused-ring (bicyclic) bond motifs is 5. The quantitative estimate of drug-likeness (QED) is 0.155. The van der Waals surface area contributed by atoms with Gasteiger partial charge in [-0.05, 0) is 87.6 Å². The minimum Gasteiger partial charge on any atom is -0.548 e. The number of nitrogens with zero attached hydrogens (tertiary/aromatic N) is 7. The van der Waals surface area contributed by atoms with Crippen LogP contribution in [0.25, 0.3) is 77.5 Å². The zero-order chi connectivity index (χ0) is 42.6. The zero-order valence-electron chi connectivity index (χ0n) is 34.8. The summed E-state index contributed by atoms with van der Waals surface area (Å²) in [5.74, 6) is 2.28. The van der Waals surface area contributed by atoms with E-state index in [0.29, 0.717) is 11.5 Å². The fraction of sp³-hybridized carbons (Fsp3) is 0.118. The molecule has 0 aliphatic heterocycles. The summed E-state index contributed by atoms with van der Waals surface area (Å²) in [5.41, 5.74) is 7.25. The summed E-state index contributed by atoms with van der Waals surface area (Å²) in [6, 6.07) is 56.7. The second-order valence-corrected chi connectivity index (χ2v) is 14.9. The SMILES string of the molecule is CC(C)Oc1c[c-]c(-n2nc3ccccc3n2)c2ccccc12.CC(C)Oc1c[c-]c(-n2nc3ccccc3n2)c2ccccc12.Oc1ccccc1-c1nc2ccccc2o1.[Ir]. The maximum absolute atomic E-state index is 9.69. The van der Waals surface area contributed by atoms with Crippen LogP contribution >= 0.6 is 0 Å². The molecule has 315 valence electrons. The molecule has 1 N–H and O–H groups in total. The Hall–Kier alpha value is -7.40. The van der Waals surface area contributed by atoms with E-state index in [2.05, 4.69) is 37.5 Å². The summed E-state index contributed by atoms with van der Waals surface area (Å²) >= 11 is 0. The fourth-order valence-corrected chi connectivity index (χ4v) is 6.98. The molecule has 8 aromatic carbocycles. The van der Waals surface area contributed by atoms with Crippen molar-refractivity contribution in [3.8, 4) is 40.1 Å². The van der Waals surface area contributed by atoms with Crippen LogP contribution in [0.3, 0.4) is 0 Å². The summed E-state index contributed by atoms with van der Waals surface area (Å²) in [7, 11) is 0. The molecule has 0 atom stereocenters. The smallest absolute Gasteiger partial charge is 0.231 e. The molecule has 0 bridgehead atoms. The first-order chi connectivity index (χ1) is 30.3. The van der Waals surface area contributed by atoms with Crippen molar-refractivity contribution in [2.75, 3.05) is 0 Å². The summed E-state index contributed by atoms with van der Waals surface area (Å²) in [6.07, 6.45) is 0.228. The molecule has 11 rings (SSSR count). The number of benzene rings is 8. The van der Waals surface area contributed by atoms with Gasteiger partial charge in [-0.25, -0.2) is 4.98 Å². The van der Waals surface area contributed by atoms with Crippen molar-refractivity contribution in [3.05, 3.63) is 170 Å². The maximum atomic E-state index is 9.69. The summed E-state index contributed by atoms with van der Waals surface area (Å²) in [4.78, 5) is 7.61. The molecule has 0 aliphatic carbocycles. The standard InChI is InChI=1S/2C19H16N3O.C13H9NO2.Ir/c2*1-13(2)23-19-12-11-18(14-7-3-4-8-15(14)19)22-20-16-9-5-6-10-17(16)21-22;15-11-7-3-1-5-9(11)13-14-10-6-2-4-8-12(10)16-13;/h2*3-10,12-13H,1-2H3;1-8,15H;/q2*-1;;. The van der Waals surface area contributed by atoms with Crippen LogP contribution in [0, 0.1) is 12.1 Å². The number of phenols is 1. The third-order valence-electron chi connectivity index (χ3n) is 9.70. The third kappa shape index (κ3) is 9.13. The van der Waals surface area contributed by atoms with E-state index in [4.69, 9.17) is 13.9 Å². The topological polar surface area (TPSA) is 126 Å². The van der Waals surface area contributed by atoms with E-state index in [1.807, 2.05) is 167 Å². The number of aromatic hydroxyl groups is 1. The predicted octanol–water partition coefficient (Wildman–Crippen LogP) is 11.5. The van der Waals surface area contributed by atoms with Gasteiger partial charge in [0.2, 0.25) is 5.89 Å². The van der Waals surface area contributed by atoms with Crippen LogP contribution < -0.4 is 9.47 Å². The Labute approximate surface area is 376 Å². The second-order valence-electron chi connectivity index (χ2n) is 14.9. The maximum Gasteiger partial charge on any atom is 0.231 e. The van der Waals surface area contributed by atoms with E-state index in [1.54, 1.807) is 27.8 Å². The zero-order valence-corrected chi connectivity index (χ0v) is 37.2. The second kappa shape index (κ2) is 18.7. The molecular weight excluding hydrogens is 967 g/mol. The van der Waals surface area contributed by atoms with Gasteiger partial charge in [0, 0.05) is 31.6 Å². The van der Waals surface area contributed by atoms with Crippen molar-refractivity contribution in [2.24, 2.45) is 0 Å². The fourth-order valence-electron chi connectivity index (χ4n) is 6.98. The Morgan fingerprint density at radius 3 is 1.30 bits per heavy atom. The molecule has 3 heterocycles. The molecule has 0 fully saturated rings. The molecule has 0 unspecified atom stereocenters. The Kier molecular flexibility index (Phi) is 12.6. The molecule has 12 heteroatoms. The first-order valence-corrected chi connectivity index (χ1v) is 20.3. The summed E-state index contributed by atoms with van der Waals surface area (Å²) in [6.45, 7) is 8.07. The van der Waals surface area contributed by atoms with Crippen molar-refractivity contribution in [2.45, 2.75) is 39.9 Å². The number of phenolic OH excluding ortho intramolecular Hbond substituents is 1. The Balaban J connectivity index is 0.000000131. The first kappa shape index (κ1) is 42.3. The number of ether oxygens (including phenoxy) is 2. The van der Waals surface area contributed by atoms with Gasteiger partial charge in [0.05, 0.1) is 17.8 Å². The van der Waals surface area contributed by atoms with Crippen LogP contribution in [0.5, 0.6) is 17.2 Å². The number of para-hydroxylation sites is 3. The van der Waals surface area contributed by atoms with Crippen LogP contribution in [-0.2, 0) is 20.1 Å². The van der Waals surface area contributed by atoms with Crippen LogP contribution in [0.15, 0.2) is 162 Å². The monoisotopic (exact) mass is 1010 g/mol. The number of hydrogen-bond acceptors (Lipinski definition) is 9. The van der Waals surface area contributed by atoms with Gasteiger partial charge < -0.3 is 19.0 Å². The van der Waals surface area contributed by atoms with Gasteiger partial charge in [-0.1, -0.05) is 106 Å². The molecule has 3 aromatic heterocycles. The number of aromatic nitrogens is 7. The van der Waals surface area contributed by atoms with Crippen molar-refractivity contribution in [3.63, 3.8) is 0 Å². The van der Waals surface area contributed by atoms with Gasteiger partial charge in [0.15, 0.2) is 5.58 Å². The Bertz CT molecular complexity index is 3060. The van der Waals surface area contributed by atoms with E-state index in [0.717, 1.165) is 77.6 Å². The molecule has 0 aliphatic rings. The minimum absolute atomic E-state index is 0. The molecule has 11 aromatic rings. The van der Waals surface area contributed by atoms with Crippen molar-refractivity contribution >= 4 is 54.7 Å². The van der Waals surface area contributed by atoms with Gasteiger partial charge >= 0.3 is 0 Å². The van der Waals surface area contributed by atoms with E-state index in [9.17, 15) is 5.11 Å². The van der Waals surface area contributed by atoms with Crippen molar-refractivity contribution in [1.82, 2.24) is 35.0 Å². The average Bonchev–Trinajstić information content (AvgIpc) is 4.04. The largest absolute Gasteiger partial charge is 0.548 e. The van der Waals surface area contributed by atoms with Gasteiger partial charge in [-0.2, -0.15) is 42.1 Å². The van der Waals surface area contributed by atoms with Crippen LogP contribution in [0.4, 0.5) is 0 Å². The van der Waals surface area contributed by atoms with E-state index in [-0.39, 0.29) is 38.1 Å². The van der Waals surface area contributed by atoms with Gasteiger partial charge in [0.1, 0.15) is 33.3 Å². The predicted molar refractivity (Wildman–Crippen MR) is 243 cm³/mol. The molecule has 0 spiro atoms. The van der Waals surface area contributed by atoms with Crippen LogP contribution in [0.1, 0.15) is 27.7 Å². The first-order valence-electron chi connectivity index (χ1n) is 20.3. The number of rotatable bonds is 7.